The van der Waals surface area contributed by atoms with E-state index in [-0.39, 0.29) is 6.10 Å². The molecule has 0 amide bonds. The fraction of sp³-hybridized carbons (Fsp3) is 0.625. The molecule has 5 heteroatoms. The molecule has 2 aromatic heterocycles. The van der Waals surface area contributed by atoms with Gasteiger partial charge in [0.1, 0.15) is 17.4 Å². The van der Waals surface area contributed by atoms with Gasteiger partial charge in [0.15, 0.2) is 5.65 Å². The second-order valence-electron chi connectivity index (χ2n) is 6.04. The third kappa shape index (κ3) is 2.45. The highest BCUT2D eigenvalue weighted by molar-refractivity contribution is 5.71. The fourth-order valence-electron chi connectivity index (χ4n) is 3.53. The van der Waals surface area contributed by atoms with Gasteiger partial charge in [-0.1, -0.05) is 0 Å². The van der Waals surface area contributed by atoms with E-state index in [0.29, 0.717) is 6.04 Å². The number of nitrogens with one attached hydrogen (secondary N) is 1. The van der Waals surface area contributed by atoms with E-state index in [9.17, 15) is 0 Å². The molecular weight excluding hydrogens is 264 g/mol. The van der Waals surface area contributed by atoms with Crippen molar-refractivity contribution in [3.8, 4) is 0 Å². The minimum Gasteiger partial charge on any atom is -0.370 e. The molecular formula is C16H22N4O. The average Bonchev–Trinajstić information content (AvgIpc) is 2.96. The van der Waals surface area contributed by atoms with Gasteiger partial charge in [-0.05, 0) is 50.8 Å². The highest BCUT2D eigenvalue weighted by Gasteiger charge is 2.28. The highest BCUT2D eigenvalue weighted by Crippen LogP contribution is 2.33. The minimum absolute atomic E-state index is 0.134. The number of hydrogen-bond acceptors (Lipinski definition) is 4. The third-order valence-corrected chi connectivity index (χ3v) is 4.58. The van der Waals surface area contributed by atoms with Crippen LogP contribution in [0.2, 0.25) is 0 Å². The zero-order valence-electron chi connectivity index (χ0n) is 12.3. The Morgan fingerprint density at radius 2 is 2.24 bits per heavy atom. The number of rotatable bonds is 2. The van der Waals surface area contributed by atoms with Gasteiger partial charge in [-0.25, -0.2) is 9.97 Å². The standard InChI is InChI=1S/C16H22N4O/c1-2-10-21-14(7-1)16-19-13-6-4-9-18-15(13)20(16)12-5-3-8-17-11-12/h4,6,9,12,14,17H,1-3,5,7-8,10-11H2. The largest absolute Gasteiger partial charge is 0.370 e. The Labute approximate surface area is 124 Å². The summed E-state index contributed by atoms with van der Waals surface area (Å²) in [6.07, 6.45) is 7.86. The molecule has 2 aliphatic heterocycles. The number of hydrogen-bond donors (Lipinski definition) is 1. The maximum atomic E-state index is 5.99. The lowest BCUT2D eigenvalue weighted by molar-refractivity contribution is 0.00651. The molecule has 4 heterocycles. The SMILES string of the molecule is c1cnc2c(c1)nc(C1CCCCO1)n2C1CCCNC1. The molecule has 0 radical (unpaired) electrons. The first kappa shape index (κ1) is 13.2. The van der Waals surface area contributed by atoms with Gasteiger partial charge in [-0.3, -0.25) is 0 Å². The number of nitrogens with zero attached hydrogens (tertiary/aromatic N) is 3. The van der Waals surface area contributed by atoms with Gasteiger partial charge in [-0.2, -0.15) is 0 Å². The molecule has 4 rings (SSSR count). The van der Waals surface area contributed by atoms with E-state index in [4.69, 9.17) is 9.72 Å². The van der Waals surface area contributed by atoms with Crippen LogP contribution in [-0.4, -0.2) is 34.2 Å². The molecule has 0 spiro atoms. The Bertz CT molecular complexity index is 612. The number of imidazole rings is 1. The molecule has 2 unspecified atom stereocenters. The van der Waals surface area contributed by atoms with Gasteiger partial charge in [-0.15, -0.1) is 0 Å². The van der Waals surface area contributed by atoms with Crippen molar-refractivity contribution in [1.29, 1.82) is 0 Å². The van der Waals surface area contributed by atoms with Crippen molar-refractivity contribution < 1.29 is 4.74 Å². The summed E-state index contributed by atoms with van der Waals surface area (Å²) < 4.78 is 8.34. The van der Waals surface area contributed by atoms with E-state index < -0.39 is 0 Å². The van der Waals surface area contributed by atoms with E-state index in [1.54, 1.807) is 0 Å². The molecule has 2 fully saturated rings. The summed E-state index contributed by atoms with van der Waals surface area (Å²) in [6, 6.07) is 4.46. The summed E-state index contributed by atoms with van der Waals surface area (Å²) in [6.45, 7) is 2.97. The minimum atomic E-state index is 0.134. The first-order valence-electron chi connectivity index (χ1n) is 8.08. The Morgan fingerprint density at radius 3 is 3.05 bits per heavy atom. The van der Waals surface area contributed by atoms with Gasteiger partial charge >= 0.3 is 0 Å². The Kier molecular flexibility index (Phi) is 3.61. The molecule has 0 aliphatic carbocycles. The van der Waals surface area contributed by atoms with Crippen molar-refractivity contribution in [1.82, 2.24) is 19.9 Å². The second kappa shape index (κ2) is 5.73. The van der Waals surface area contributed by atoms with Gasteiger partial charge in [0.25, 0.3) is 0 Å². The fourth-order valence-corrected chi connectivity index (χ4v) is 3.53. The predicted octanol–water partition coefficient (Wildman–Crippen LogP) is 2.60. The summed E-state index contributed by atoms with van der Waals surface area (Å²) in [5.41, 5.74) is 2.00. The Balaban J connectivity index is 1.79. The molecule has 2 atom stereocenters. The lowest BCUT2D eigenvalue weighted by atomic mass is 10.1. The van der Waals surface area contributed by atoms with Crippen LogP contribution in [0.25, 0.3) is 11.2 Å². The molecule has 2 aliphatic rings. The third-order valence-electron chi connectivity index (χ3n) is 4.58. The molecule has 21 heavy (non-hydrogen) atoms. The van der Waals surface area contributed by atoms with Crippen LogP contribution >= 0.6 is 0 Å². The van der Waals surface area contributed by atoms with Crippen LogP contribution in [0.15, 0.2) is 18.3 Å². The maximum absolute atomic E-state index is 5.99. The average molecular weight is 286 g/mol. The van der Waals surface area contributed by atoms with E-state index in [0.717, 1.165) is 43.1 Å². The number of pyridine rings is 1. The first-order chi connectivity index (χ1) is 10.4. The van der Waals surface area contributed by atoms with Crippen LogP contribution in [0, 0.1) is 0 Å². The number of aromatic nitrogens is 3. The van der Waals surface area contributed by atoms with Crippen LogP contribution < -0.4 is 5.32 Å². The van der Waals surface area contributed by atoms with Gasteiger partial charge in [0.05, 0.1) is 0 Å². The zero-order chi connectivity index (χ0) is 14.1. The smallest absolute Gasteiger partial charge is 0.160 e. The number of ether oxygens (including phenoxy) is 1. The quantitative estimate of drug-likeness (QED) is 0.922. The lowest BCUT2D eigenvalue weighted by Crippen LogP contribution is -2.33. The predicted molar refractivity (Wildman–Crippen MR) is 81.2 cm³/mol. The van der Waals surface area contributed by atoms with Crippen LogP contribution in [0.5, 0.6) is 0 Å². The molecule has 0 saturated carbocycles. The topological polar surface area (TPSA) is 52.0 Å². The van der Waals surface area contributed by atoms with Gasteiger partial charge in [0.2, 0.25) is 0 Å². The molecule has 0 bridgehead atoms. The van der Waals surface area contributed by atoms with Gasteiger partial charge < -0.3 is 14.6 Å². The maximum Gasteiger partial charge on any atom is 0.160 e. The van der Waals surface area contributed by atoms with Crippen LogP contribution in [0.4, 0.5) is 0 Å². The van der Waals surface area contributed by atoms with Crippen molar-refractivity contribution in [2.75, 3.05) is 19.7 Å². The van der Waals surface area contributed by atoms with Crippen LogP contribution in [0.3, 0.4) is 0 Å². The molecule has 2 saturated heterocycles. The molecule has 2 aromatic rings. The summed E-state index contributed by atoms with van der Waals surface area (Å²) in [5, 5.41) is 3.50. The molecule has 1 N–H and O–H groups in total. The number of piperidine rings is 1. The van der Waals surface area contributed by atoms with Crippen molar-refractivity contribution in [3.63, 3.8) is 0 Å². The summed E-state index contributed by atoms with van der Waals surface area (Å²) in [4.78, 5) is 9.45. The molecule has 0 aromatic carbocycles. The summed E-state index contributed by atoms with van der Waals surface area (Å²) in [7, 11) is 0. The van der Waals surface area contributed by atoms with Gasteiger partial charge in [0, 0.05) is 25.4 Å². The van der Waals surface area contributed by atoms with E-state index in [1.165, 1.54) is 25.7 Å². The van der Waals surface area contributed by atoms with E-state index in [1.807, 2.05) is 12.3 Å². The molecule has 5 nitrogen and oxygen atoms in total. The first-order valence-corrected chi connectivity index (χ1v) is 8.08. The van der Waals surface area contributed by atoms with Crippen LogP contribution in [-0.2, 0) is 4.74 Å². The van der Waals surface area contributed by atoms with E-state index >= 15 is 0 Å². The Hall–Kier alpha value is -1.46. The van der Waals surface area contributed by atoms with Crippen molar-refractivity contribution >= 4 is 11.2 Å². The normalized spacial score (nSPS) is 27.0. The van der Waals surface area contributed by atoms with Crippen molar-refractivity contribution in [2.45, 2.75) is 44.2 Å². The van der Waals surface area contributed by atoms with Crippen molar-refractivity contribution in [3.05, 3.63) is 24.2 Å². The highest BCUT2D eigenvalue weighted by atomic mass is 16.5. The summed E-state index contributed by atoms with van der Waals surface area (Å²) >= 11 is 0. The Morgan fingerprint density at radius 1 is 1.24 bits per heavy atom. The monoisotopic (exact) mass is 286 g/mol. The van der Waals surface area contributed by atoms with Crippen molar-refractivity contribution in [2.24, 2.45) is 0 Å². The lowest BCUT2D eigenvalue weighted by Gasteiger charge is -2.29. The summed E-state index contributed by atoms with van der Waals surface area (Å²) in [5.74, 6) is 1.08. The second-order valence-corrected chi connectivity index (χ2v) is 6.04. The van der Waals surface area contributed by atoms with Crippen LogP contribution in [0.1, 0.15) is 50.1 Å². The zero-order valence-corrected chi connectivity index (χ0v) is 12.3. The van der Waals surface area contributed by atoms with E-state index in [2.05, 4.69) is 20.9 Å². The number of fused-ring (bicyclic) bond motifs is 1. The molecule has 112 valence electrons.